The van der Waals surface area contributed by atoms with Crippen molar-refractivity contribution in [2.45, 2.75) is 39.8 Å². The number of amides is 1. The van der Waals surface area contributed by atoms with E-state index in [2.05, 4.69) is 15.9 Å². The molecule has 1 aliphatic heterocycles. The fourth-order valence-electron chi connectivity index (χ4n) is 4.22. The Morgan fingerprint density at radius 1 is 1.20 bits per heavy atom. The standard InChI is InChI=1S/C23H24BrNO4S/c1-14-9-15(2)21-20(10-14)16(3)22(29-21)23(26)25(19-7-8-30(27,28)13-19)12-17-5-4-6-18(24)11-17/h4-6,9-11,19H,7-8,12-13H2,1-3H3. The van der Waals surface area contributed by atoms with Crippen molar-refractivity contribution in [3.05, 3.63) is 68.9 Å². The molecule has 2 aromatic carbocycles. The Bertz CT molecular complexity index is 1250. The van der Waals surface area contributed by atoms with Crippen molar-refractivity contribution in [2.24, 2.45) is 0 Å². The number of rotatable bonds is 4. The second-order valence-electron chi connectivity index (χ2n) is 8.13. The zero-order chi connectivity index (χ0) is 21.6. The third kappa shape index (κ3) is 4.05. The third-order valence-corrected chi connectivity index (χ3v) is 7.96. The number of furan rings is 1. The van der Waals surface area contributed by atoms with Gasteiger partial charge >= 0.3 is 0 Å². The molecule has 4 rings (SSSR count). The van der Waals surface area contributed by atoms with E-state index < -0.39 is 9.84 Å². The van der Waals surface area contributed by atoms with E-state index in [-0.39, 0.29) is 29.2 Å². The molecule has 1 aliphatic rings. The van der Waals surface area contributed by atoms with Gasteiger partial charge in [-0.3, -0.25) is 4.79 Å². The molecule has 0 spiro atoms. The molecule has 1 amide bonds. The molecular formula is C23H24BrNO4S. The van der Waals surface area contributed by atoms with E-state index in [4.69, 9.17) is 4.42 Å². The SMILES string of the molecule is Cc1cc(C)c2oc(C(=O)N(Cc3cccc(Br)c3)C3CCS(=O)(=O)C3)c(C)c2c1. The van der Waals surface area contributed by atoms with Crippen molar-refractivity contribution in [3.8, 4) is 0 Å². The Hall–Kier alpha value is -2.12. The third-order valence-electron chi connectivity index (χ3n) is 5.71. The van der Waals surface area contributed by atoms with Crippen LogP contribution in [-0.2, 0) is 16.4 Å². The molecule has 2 heterocycles. The molecule has 1 saturated heterocycles. The highest BCUT2D eigenvalue weighted by Crippen LogP contribution is 2.32. The van der Waals surface area contributed by atoms with E-state index in [0.29, 0.717) is 18.5 Å². The Morgan fingerprint density at radius 3 is 2.63 bits per heavy atom. The topological polar surface area (TPSA) is 67.6 Å². The monoisotopic (exact) mass is 489 g/mol. The van der Waals surface area contributed by atoms with Crippen LogP contribution in [-0.4, -0.2) is 36.8 Å². The molecular weight excluding hydrogens is 466 g/mol. The van der Waals surface area contributed by atoms with Gasteiger partial charge in [0.05, 0.1) is 11.5 Å². The zero-order valence-electron chi connectivity index (χ0n) is 17.2. The lowest BCUT2D eigenvalue weighted by atomic mass is 10.0. The minimum Gasteiger partial charge on any atom is -0.450 e. The number of hydrogen-bond acceptors (Lipinski definition) is 4. The maximum atomic E-state index is 13.6. The number of aryl methyl sites for hydroxylation is 3. The molecule has 1 unspecified atom stereocenters. The molecule has 0 saturated carbocycles. The predicted octanol–water partition coefficient (Wildman–Crippen LogP) is 4.95. The van der Waals surface area contributed by atoms with Gasteiger partial charge in [-0.2, -0.15) is 0 Å². The maximum Gasteiger partial charge on any atom is 0.290 e. The predicted molar refractivity (Wildman–Crippen MR) is 121 cm³/mol. The summed E-state index contributed by atoms with van der Waals surface area (Å²) in [5.41, 5.74) is 4.53. The van der Waals surface area contributed by atoms with Crippen LogP contribution in [0.15, 0.2) is 45.3 Å². The fraction of sp³-hybridized carbons (Fsp3) is 0.348. The summed E-state index contributed by atoms with van der Waals surface area (Å²) >= 11 is 3.47. The van der Waals surface area contributed by atoms with Crippen LogP contribution in [0.1, 0.15) is 39.2 Å². The highest BCUT2D eigenvalue weighted by atomic mass is 79.9. The first-order chi connectivity index (χ1) is 14.1. The van der Waals surface area contributed by atoms with Crippen molar-refractivity contribution in [3.63, 3.8) is 0 Å². The van der Waals surface area contributed by atoms with Gasteiger partial charge in [-0.1, -0.05) is 34.1 Å². The number of carbonyl (C=O) groups excluding carboxylic acids is 1. The van der Waals surface area contributed by atoms with Crippen molar-refractivity contribution >= 4 is 42.6 Å². The zero-order valence-corrected chi connectivity index (χ0v) is 19.6. The Kier molecular flexibility index (Phi) is 5.53. The van der Waals surface area contributed by atoms with Gasteiger partial charge in [0.1, 0.15) is 5.58 Å². The fourth-order valence-corrected chi connectivity index (χ4v) is 6.40. The summed E-state index contributed by atoms with van der Waals surface area (Å²) in [5, 5.41) is 0.928. The number of hydrogen-bond donors (Lipinski definition) is 0. The smallest absolute Gasteiger partial charge is 0.290 e. The van der Waals surface area contributed by atoms with E-state index in [1.165, 1.54) is 0 Å². The second kappa shape index (κ2) is 7.85. The second-order valence-corrected chi connectivity index (χ2v) is 11.3. The van der Waals surface area contributed by atoms with Crippen LogP contribution >= 0.6 is 15.9 Å². The highest BCUT2D eigenvalue weighted by molar-refractivity contribution is 9.10. The molecule has 0 aliphatic carbocycles. The average molecular weight is 490 g/mol. The number of nitrogens with zero attached hydrogens (tertiary/aromatic N) is 1. The lowest BCUT2D eigenvalue weighted by molar-refractivity contribution is 0.0649. The minimum atomic E-state index is -3.14. The van der Waals surface area contributed by atoms with Crippen LogP contribution in [0.5, 0.6) is 0 Å². The van der Waals surface area contributed by atoms with Crippen molar-refractivity contribution in [1.29, 1.82) is 0 Å². The summed E-state index contributed by atoms with van der Waals surface area (Å²) in [5.74, 6) is 0.127. The summed E-state index contributed by atoms with van der Waals surface area (Å²) in [6, 6.07) is 11.4. The maximum absolute atomic E-state index is 13.6. The van der Waals surface area contributed by atoms with Crippen LogP contribution in [0.2, 0.25) is 0 Å². The Morgan fingerprint density at radius 2 is 1.97 bits per heavy atom. The van der Waals surface area contributed by atoms with Crippen LogP contribution in [0, 0.1) is 20.8 Å². The molecule has 5 nitrogen and oxygen atoms in total. The first kappa shape index (κ1) is 21.1. The van der Waals surface area contributed by atoms with Gasteiger partial charge in [0, 0.05) is 28.0 Å². The van der Waals surface area contributed by atoms with E-state index >= 15 is 0 Å². The summed E-state index contributed by atoms with van der Waals surface area (Å²) < 4.78 is 31.2. The molecule has 158 valence electrons. The molecule has 1 fully saturated rings. The molecule has 3 aromatic rings. The lowest BCUT2D eigenvalue weighted by Crippen LogP contribution is -2.40. The normalized spacial score (nSPS) is 18.1. The average Bonchev–Trinajstić information content (AvgIpc) is 3.19. The van der Waals surface area contributed by atoms with Gasteiger partial charge in [0.15, 0.2) is 15.6 Å². The van der Waals surface area contributed by atoms with Gasteiger partial charge in [-0.05, 0) is 62.1 Å². The quantitative estimate of drug-likeness (QED) is 0.519. The molecule has 0 N–H and O–H groups in total. The van der Waals surface area contributed by atoms with E-state index in [0.717, 1.165) is 32.1 Å². The van der Waals surface area contributed by atoms with Crippen LogP contribution in [0.4, 0.5) is 0 Å². The minimum absolute atomic E-state index is 0.00977. The molecule has 1 atom stereocenters. The van der Waals surface area contributed by atoms with Gasteiger partial charge in [0.25, 0.3) is 5.91 Å². The number of carbonyl (C=O) groups is 1. The van der Waals surface area contributed by atoms with Gasteiger partial charge < -0.3 is 9.32 Å². The Balaban J connectivity index is 1.76. The molecule has 0 bridgehead atoms. The molecule has 0 radical (unpaired) electrons. The van der Waals surface area contributed by atoms with E-state index in [1.807, 2.05) is 57.2 Å². The van der Waals surface area contributed by atoms with Crippen molar-refractivity contribution in [2.75, 3.05) is 11.5 Å². The van der Waals surface area contributed by atoms with E-state index in [9.17, 15) is 13.2 Å². The lowest BCUT2D eigenvalue weighted by Gasteiger charge is -2.28. The molecule has 7 heteroatoms. The largest absolute Gasteiger partial charge is 0.450 e. The molecule has 30 heavy (non-hydrogen) atoms. The Labute approximate surface area is 185 Å². The molecule has 1 aromatic heterocycles. The first-order valence-corrected chi connectivity index (χ1v) is 12.5. The highest BCUT2D eigenvalue weighted by Gasteiger charge is 2.36. The van der Waals surface area contributed by atoms with Crippen LogP contribution in [0.3, 0.4) is 0 Å². The summed E-state index contributed by atoms with van der Waals surface area (Å²) in [6.45, 7) is 6.20. The number of fused-ring (bicyclic) bond motifs is 1. The van der Waals surface area contributed by atoms with E-state index in [1.54, 1.807) is 4.90 Å². The van der Waals surface area contributed by atoms with Crippen molar-refractivity contribution in [1.82, 2.24) is 4.90 Å². The summed E-state index contributed by atoms with van der Waals surface area (Å²) in [4.78, 5) is 15.3. The number of sulfone groups is 1. The first-order valence-electron chi connectivity index (χ1n) is 9.91. The summed E-state index contributed by atoms with van der Waals surface area (Å²) in [6.07, 6.45) is 0.444. The summed E-state index contributed by atoms with van der Waals surface area (Å²) in [7, 11) is -3.14. The van der Waals surface area contributed by atoms with Gasteiger partial charge in [0.2, 0.25) is 0 Å². The van der Waals surface area contributed by atoms with Gasteiger partial charge in [-0.25, -0.2) is 8.42 Å². The number of halogens is 1. The van der Waals surface area contributed by atoms with Crippen molar-refractivity contribution < 1.29 is 17.6 Å². The van der Waals surface area contributed by atoms with Gasteiger partial charge in [-0.15, -0.1) is 0 Å². The van der Waals surface area contributed by atoms with Crippen LogP contribution < -0.4 is 0 Å². The number of benzene rings is 2. The van der Waals surface area contributed by atoms with Crippen LogP contribution in [0.25, 0.3) is 11.0 Å².